The molecule has 3 amide bonds. The molecule has 2 aromatic carbocycles. The van der Waals surface area contributed by atoms with Crippen molar-refractivity contribution in [2.24, 2.45) is 5.73 Å². The van der Waals surface area contributed by atoms with Crippen LogP contribution in [0.1, 0.15) is 11.1 Å². The molecule has 0 aliphatic heterocycles. The van der Waals surface area contributed by atoms with Crippen LogP contribution in [0.25, 0.3) is 6.08 Å². The zero-order chi connectivity index (χ0) is 20.7. The Labute approximate surface area is 171 Å². The Morgan fingerprint density at radius 3 is 2.57 bits per heavy atom. The van der Waals surface area contributed by atoms with Crippen LogP contribution in [0.3, 0.4) is 0 Å². The summed E-state index contributed by atoms with van der Waals surface area (Å²) in [5, 5.41) is 11.7. The summed E-state index contributed by atoms with van der Waals surface area (Å²) < 4.78 is 11.0. The van der Waals surface area contributed by atoms with Crippen molar-refractivity contribution >= 4 is 41.2 Å². The van der Waals surface area contributed by atoms with Crippen LogP contribution in [-0.2, 0) is 11.4 Å². The third kappa shape index (κ3) is 5.39. The number of nitriles is 1. The Balaban J connectivity index is 2.31. The maximum absolute atomic E-state index is 11.8. The summed E-state index contributed by atoms with van der Waals surface area (Å²) in [6.07, 6.45) is 1.24. The molecule has 7 nitrogen and oxygen atoms in total. The average Bonchev–Trinajstić information content (AvgIpc) is 2.65. The number of hydrogen-bond donors (Lipinski definition) is 2. The normalized spacial score (nSPS) is 10.7. The number of nitrogens with zero attached hydrogens (tertiary/aromatic N) is 1. The van der Waals surface area contributed by atoms with Crippen molar-refractivity contribution in [2.75, 3.05) is 7.11 Å². The first-order chi connectivity index (χ1) is 13.3. The van der Waals surface area contributed by atoms with E-state index in [1.165, 1.54) is 25.3 Å². The minimum atomic E-state index is -1.06. The van der Waals surface area contributed by atoms with Gasteiger partial charge < -0.3 is 15.2 Å². The van der Waals surface area contributed by atoms with E-state index < -0.39 is 11.9 Å². The highest BCUT2D eigenvalue weighted by Crippen LogP contribution is 2.37. The zero-order valence-corrected chi connectivity index (χ0v) is 16.2. The van der Waals surface area contributed by atoms with Crippen LogP contribution in [0, 0.1) is 11.3 Å². The summed E-state index contributed by atoms with van der Waals surface area (Å²) in [5.41, 5.74) is 5.71. The number of imide groups is 1. The predicted molar refractivity (Wildman–Crippen MR) is 105 cm³/mol. The molecule has 0 radical (unpaired) electrons. The number of urea groups is 1. The smallest absolute Gasteiger partial charge is 0.319 e. The van der Waals surface area contributed by atoms with Crippen molar-refractivity contribution < 1.29 is 19.1 Å². The number of halogens is 2. The molecule has 0 atom stereocenters. The van der Waals surface area contributed by atoms with Gasteiger partial charge in [0.2, 0.25) is 0 Å². The Bertz CT molecular complexity index is 984. The molecule has 0 spiro atoms. The maximum Gasteiger partial charge on any atom is 0.319 e. The number of benzene rings is 2. The molecule has 0 bridgehead atoms. The summed E-state index contributed by atoms with van der Waals surface area (Å²) in [7, 11) is 1.42. The summed E-state index contributed by atoms with van der Waals surface area (Å²) in [5.74, 6) is -0.358. The molecule has 144 valence electrons. The summed E-state index contributed by atoms with van der Waals surface area (Å²) in [6.45, 7) is 0.162. The fourth-order valence-electron chi connectivity index (χ4n) is 2.22. The van der Waals surface area contributed by atoms with Gasteiger partial charge in [-0.3, -0.25) is 10.1 Å². The van der Waals surface area contributed by atoms with Gasteiger partial charge in [0.05, 0.1) is 12.1 Å². The predicted octanol–water partition coefficient (Wildman–Crippen LogP) is 3.68. The number of carbonyl (C=O) groups is 2. The second kappa shape index (κ2) is 9.65. The number of rotatable bonds is 6. The van der Waals surface area contributed by atoms with Crippen molar-refractivity contribution in [1.29, 1.82) is 5.26 Å². The van der Waals surface area contributed by atoms with Gasteiger partial charge in [0.15, 0.2) is 11.5 Å². The van der Waals surface area contributed by atoms with E-state index >= 15 is 0 Å². The molecule has 0 fully saturated rings. The number of methoxy groups -OCH3 is 1. The SMILES string of the molecule is COc1cc(/C=C(/C#N)C(=O)NC(N)=O)cc(Cl)c1OCc1ccccc1Cl. The molecule has 0 aromatic heterocycles. The van der Waals surface area contributed by atoms with Crippen LogP contribution in [0.2, 0.25) is 10.0 Å². The number of amides is 3. The molecular weight excluding hydrogens is 405 g/mol. The van der Waals surface area contributed by atoms with Gasteiger partial charge in [0.1, 0.15) is 18.2 Å². The van der Waals surface area contributed by atoms with E-state index in [4.69, 9.17) is 43.7 Å². The van der Waals surface area contributed by atoms with Crippen LogP contribution in [-0.4, -0.2) is 19.0 Å². The summed E-state index contributed by atoms with van der Waals surface area (Å²) >= 11 is 12.4. The number of carbonyl (C=O) groups excluding carboxylic acids is 2. The minimum absolute atomic E-state index is 0.162. The van der Waals surface area contributed by atoms with E-state index in [1.807, 2.05) is 23.5 Å². The number of nitrogens with two attached hydrogens (primary N) is 1. The molecule has 2 rings (SSSR count). The van der Waals surface area contributed by atoms with Gasteiger partial charge in [-0.15, -0.1) is 0 Å². The summed E-state index contributed by atoms with van der Waals surface area (Å²) in [4.78, 5) is 22.6. The monoisotopic (exact) mass is 419 g/mol. The Kier molecular flexibility index (Phi) is 7.27. The third-order valence-electron chi connectivity index (χ3n) is 3.49. The third-order valence-corrected chi connectivity index (χ3v) is 4.14. The van der Waals surface area contributed by atoms with Crippen molar-refractivity contribution in [3.8, 4) is 17.6 Å². The Hall–Kier alpha value is -3.21. The Morgan fingerprint density at radius 1 is 1.25 bits per heavy atom. The minimum Gasteiger partial charge on any atom is -0.493 e. The van der Waals surface area contributed by atoms with E-state index in [0.717, 1.165) is 5.56 Å². The number of primary amides is 1. The Morgan fingerprint density at radius 2 is 1.96 bits per heavy atom. The largest absolute Gasteiger partial charge is 0.493 e. The zero-order valence-electron chi connectivity index (χ0n) is 14.7. The lowest BCUT2D eigenvalue weighted by molar-refractivity contribution is -0.115. The van der Waals surface area contributed by atoms with E-state index in [1.54, 1.807) is 12.1 Å². The molecule has 28 heavy (non-hydrogen) atoms. The van der Waals surface area contributed by atoms with Crippen molar-refractivity contribution in [3.05, 3.63) is 63.1 Å². The second-order valence-electron chi connectivity index (χ2n) is 5.40. The van der Waals surface area contributed by atoms with Crippen LogP contribution in [0.4, 0.5) is 4.79 Å². The van der Waals surface area contributed by atoms with Crippen molar-refractivity contribution in [2.45, 2.75) is 6.61 Å². The fraction of sp³-hybridized carbons (Fsp3) is 0.105. The molecule has 2 aromatic rings. The number of nitrogens with one attached hydrogen (secondary N) is 1. The quantitative estimate of drug-likeness (QED) is 0.547. The number of hydrogen-bond acceptors (Lipinski definition) is 5. The average molecular weight is 420 g/mol. The van der Waals surface area contributed by atoms with Gasteiger partial charge in [-0.2, -0.15) is 5.26 Å². The maximum atomic E-state index is 11.8. The van der Waals surface area contributed by atoms with Crippen LogP contribution in [0.5, 0.6) is 11.5 Å². The molecule has 3 N–H and O–H groups in total. The fourth-order valence-corrected chi connectivity index (χ4v) is 2.69. The van der Waals surface area contributed by atoms with E-state index in [0.29, 0.717) is 16.3 Å². The first kappa shape index (κ1) is 21.1. The van der Waals surface area contributed by atoms with E-state index in [9.17, 15) is 9.59 Å². The lowest BCUT2D eigenvalue weighted by atomic mass is 10.1. The lowest BCUT2D eigenvalue weighted by Gasteiger charge is -2.14. The van der Waals surface area contributed by atoms with Crippen molar-refractivity contribution in [1.82, 2.24) is 5.32 Å². The van der Waals surface area contributed by atoms with Gasteiger partial charge in [-0.05, 0) is 29.8 Å². The van der Waals surface area contributed by atoms with E-state index in [-0.39, 0.29) is 23.0 Å². The highest BCUT2D eigenvalue weighted by molar-refractivity contribution is 6.32. The van der Waals surface area contributed by atoms with Gasteiger partial charge >= 0.3 is 6.03 Å². The van der Waals surface area contributed by atoms with Crippen LogP contribution >= 0.6 is 23.2 Å². The highest BCUT2D eigenvalue weighted by atomic mass is 35.5. The first-order valence-electron chi connectivity index (χ1n) is 7.82. The first-order valence-corrected chi connectivity index (χ1v) is 8.57. The van der Waals surface area contributed by atoms with Crippen molar-refractivity contribution in [3.63, 3.8) is 0 Å². The van der Waals surface area contributed by atoms with Gasteiger partial charge in [-0.25, -0.2) is 4.79 Å². The second-order valence-corrected chi connectivity index (χ2v) is 6.22. The summed E-state index contributed by atoms with van der Waals surface area (Å²) in [6, 6.07) is 10.8. The highest BCUT2D eigenvalue weighted by Gasteiger charge is 2.15. The molecule has 0 aliphatic rings. The molecule has 0 aliphatic carbocycles. The van der Waals surface area contributed by atoms with Crippen LogP contribution < -0.4 is 20.5 Å². The van der Waals surface area contributed by atoms with Gasteiger partial charge in [-0.1, -0.05) is 41.4 Å². The topological polar surface area (TPSA) is 114 Å². The lowest BCUT2D eigenvalue weighted by Crippen LogP contribution is -2.35. The van der Waals surface area contributed by atoms with Gasteiger partial charge in [0.25, 0.3) is 5.91 Å². The molecule has 0 heterocycles. The molecule has 9 heteroatoms. The van der Waals surface area contributed by atoms with Gasteiger partial charge in [0, 0.05) is 10.6 Å². The van der Waals surface area contributed by atoms with E-state index in [2.05, 4.69) is 0 Å². The standard InChI is InChI=1S/C19H15Cl2N3O4/c1-27-16-8-11(6-13(9-22)18(25)24-19(23)26)7-15(21)17(16)28-10-12-4-2-3-5-14(12)20/h2-8H,10H2,1H3,(H3,23,24,25,26)/b13-6-. The molecule has 0 saturated carbocycles. The number of ether oxygens (including phenoxy) is 2. The van der Waals surface area contributed by atoms with Crippen LogP contribution in [0.15, 0.2) is 42.0 Å². The molecular formula is C19H15Cl2N3O4. The molecule has 0 saturated heterocycles. The molecule has 0 unspecified atom stereocenters.